The van der Waals surface area contributed by atoms with Crippen molar-refractivity contribution in [1.82, 2.24) is 14.7 Å². The molecule has 0 N–H and O–H groups in total. The van der Waals surface area contributed by atoms with E-state index in [1.54, 1.807) is 0 Å². The van der Waals surface area contributed by atoms with Crippen molar-refractivity contribution in [2.24, 2.45) is 5.92 Å². The smallest absolute Gasteiger partial charge is 0.309 e. The van der Waals surface area contributed by atoms with Crippen LogP contribution in [0.5, 0.6) is 0 Å². The Morgan fingerprint density at radius 2 is 1.93 bits per heavy atom. The van der Waals surface area contributed by atoms with E-state index < -0.39 is 0 Å². The van der Waals surface area contributed by atoms with Crippen molar-refractivity contribution in [3.05, 3.63) is 47.0 Å². The molecule has 1 aliphatic heterocycles. The number of ether oxygens (including phenoxy) is 1. The predicted octanol–water partition coefficient (Wildman–Crippen LogP) is 3.81. The van der Waals surface area contributed by atoms with Gasteiger partial charge in [-0.25, -0.2) is 4.68 Å². The molecule has 28 heavy (non-hydrogen) atoms. The van der Waals surface area contributed by atoms with Gasteiger partial charge >= 0.3 is 5.97 Å². The zero-order chi connectivity index (χ0) is 19.7. The summed E-state index contributed by atoms with van der Waals surface area (Å²) < 4.78 is 7.01. The summed E-state index contributed by atoms with van der Waals surface area (Å²) in [5.74, 6) is -0.210. The summed E-state index contributed by atoms with van der Waals surface area (Å²) in [6, 6.07) is 11.9. The van der Waals surface area contributed by atoms with E-state index in [0.717, 1.165) is 26.5 Å². The number of likely N-dealkylation sites (tertiary alicyclic amines) is 1. The molecule has 1 aliphatic rings. The van der Waals surface area contributed by atoms with E-state index in [-0.39, 0.29) is 17.8 Å². The number of carbonyl (C=O) groups excluding carboxylic acids is 2. The highest BCUT2D eigenvalue weighted by Crippen LogP contribution is 2.32. The Bertz CT molecular complexity index is 1000. The number of nitrogens with zero attached hydrogens (tertiary/aromatic N) is 3. The lowest BCUT2D eigenvalue weighted by Crippen LogP contribution is -2.40. The number of para-hydroxylation sites is 1. The van der Waals surface area contributed by atoms with Gasteiger partial charge in [0.15, 0.2) is 0 Å². The number of amides is 1. The first-order valence-electron chi connectivity index (χ1n) is 9.59. The van der Waals surface area contributed by atoms with E-state index in [0.29, 0.717) is 32.5 Å². The first-order valence-corrected chi connectivity index (χ1v) is 10.4. The summed E-state index contributed by atoms with van der Waals surface area (Å²) in [5.41, 5.74) is 1.90. The van der Waals surface area contributed by atoms with Crippen LogP contribution in [0.1, 0.15) is 35.1 Å². The molecular weight excluding hydrogens is 374 g/mol. The second-order valence-corrected chi connectivity index (χ2v) is 8.01. The second kappa shape index (κ2) is 7.75. The summed E-state index contributed by atoms with van der Waals surface area (Å²) in [6.07, 6.45) is 1.32. The van der Waals surface area contributed by atoms with E-state index in [1.165, 1.54) is 11.3 Å². The van der Waals surface area contributed by atoms with Crippen LogP contribution in [-0.2, 0) is 9.53 Å². The molecule has 7 heteroatoms. The molecule has 2 aromatic heterocycles. The van der Waals surface area contributed by atoms with E-state index in [1.807, 2.05) is 59.8 Å². The number of hydrogen-bond donors (Lipinski definition) is 0. The van der Waals surface area contributed by atoms with E-state index >= 15 is 0 Å². The van der Waals surface area contributed by atoms with Crippen molar-refractivity contribution in [2.75, 3.05) is 19.7 Å². The van der Waals surface area contributed by atoms with Gasteiger partial charge in [-0.1, -0.05) is 18.2 Å². The van der Waals surface area contributed by atoms with Gasteiger partial charge in [-0.15, -0.1) is 11.3 Å². The molecule has 1 aromatic carbocycles. The molecule has 146 valence electrons. The summed E-state index contributed by atoms with van der Waals surface area (Å²) in [4.78, 5) is 28.5. The summed E-state index contributed by atoms with van der Waals surface area (Å²) in [7, 11) is 0. The molecular formula is C21H23N3O3S. The molecule has 1 fully saturated rings. The number of rotatable bonds is 4. The van der Waals surface area contributed by atoms with Gasteiger partial charge in [-0.2, -0.15) is 5.10 Å². The van der Waals surface area contributed by atoms with Crippen LogP contribution >= 0.6 is 11.3 Å². The molecule has 6 nitrogen and oxygen atoms in total. The first kappa shape index (κ1) is 18.7. The van der Waals surface area contributed by atoms with Gasteiger partial charge in [-0.3, -0.25) is 9.59 Å². The largest absolute Gasteiger partial charge is 0.466 e. The van der Waals surface area contributed by atoms with Crippen molar-refractivity contribution >= 4 is 33.4 Å². The summed E-state index contributed by atoms with van der Waals surface area (Å²) >= 11 is 1.47. The molecule has 0 unspecified atom stereocenters. The Morgan fingerprint density at radius 1 is 1.21 bits per heavy atom. The third-order valence-corrected chi connectivity index (χ3v) is 6.26. The SMILES string of the molecule is CCOC(=O)C1CCN(C(=O)c2cc3c(C)nn(-c4ccccc4)c3s2)CC1. The maximum absolute atomic E-state index is 13.0. The standard InChI is InChI=1S/C21H23N3O3S/c1-3-27-21(26)15-9-11-23(12-10-15)19(25)18-13-17-14(2)22-24(20(17)28-18)16-7-5-4-6-8-16/h4-8,13,15H,3,9-12H2,1-2H3. The van der Waals surface area contributed by atoms with Gasteiger partial charge in [0, 0.05) is 18.5 Å². The molecule has 3 heterocycles. The minimum absolute atomic E-state index is 0.0301. The number of fused-ring (bicyclic) bond motifs is 1. The van der Waals surface area contributed by atoms with Crippen LogP contribution in [0.25, 0.3) is 15.9 Å². The highest BCUT2D eigenvalue weighted by molar-refractivity contribution is 7.20. The van der Waals surface area contributed by atoms with Crippen molar-refractivity contribution in [3.63, 3.8) is 0 Å². The fourth-order valence-electron chi connectivity index (χ4n) is 3.63. The summed E-state index contributed by atoms with van der Waals surface area (Å²) in [6.45, 7) is 5.35. The van der Waals surface area contributed by atoms with Gasteiger partial charge in [-0.05, 0) is 44.9 Å². The lowest BCUT2D eigenvalue weighted by atomic mass is 9.97. The van der Waals surface area contributed by atoms with Crippen LogP contribution < -0.4 is 0 Å². The van der Waals surface area contributed by atoms with Crippen LogP contribution in [0.2, 0.25) is 0 Å². The van der Waals surface area contributed by atoms with E-state index in [9.17, 15) is 9.59 Å². The van der Waals surface area contributed by atoms with Crippen LogP contribution in [0.3, 0.4) is 0 Å². The number of benzene rings is 1. The molecule has 1 amide bonds. The molecule has 0 radical (unpaired) electrons. The van der Waals surface area contributed by atoms with Gasteiger partial charge < -0.3 is 9.64 Å². The molecule has 0 saturated carbocycles. The maximum atomic E-state index is 13.0. The van der Waals surface area contributed by atoms with Crippen molar-refractivity contribution in [1.29, 1.82) is 0 Å². The monoisotopic (exact) mass is 397 g/mol. The summed E-state index contributed by atoms with van der Waals surface area (Å²) in [5, 5.41) is 5.64. The Balaban J connectivity index is 1.54. The first-order chi connectivity index (χ1) is 13.6. The minimum atomic E-state index is -0.143. The zero-order valence-electron chi connectivity index (χ0n) is 16.1. The minimum Gasteiger partial charge on any atom is -0.466 e. The second-order valence-electron chi connectivity index (χ2n) is 6.98. The lowest BCUT2D eigenvalue weighted by Gasteiger charge is -2.30. The number of piperidine rings is 1. The average Bonchev–Trinajstić information content (AvgIpc) is 3.29. The average molecular weight is 398 g/mol. The number of carbonyl (C=O) groups is 2. The highest BCUT2D eigenvalue weighted by Gasteiger charge is 2.29. The quantitative estimate of drug-likeness (QED) is 0.628. The normalized spacial score (nSPS) is 15.1. The van der Waals surface area contributed by atoms with E-state index in [2.05, 4.69) is 5.10 Å². The van der Waals surface area contributed by atoms with Crippen LogP contribution in [-0.4, -0.2) is 46.3 Å². The number of esters is 1. The van der Waals surface area contributed by atoms with Crippen molar-refractivity contribution in [2.45, 2.75) is 26.7 Å². The molecule has 0 spiro atoms. The van der Waals surface area contributed by atoms with Crippen molar-refractivity contribution < 1.29 is 14.3 Å². The zero-order valence-corrected chi connectivity index (χ0v) is 16.9. The van der Waals surface area contributed by atoms with Crippen molar-refractivity contribution in [3.8, 4) is 5.69 Å². The number of aromatic nitrogens is 2. The van der Waals surface area contributed by atoms with Gasteiger partial charge in [0.1, 0.15) is 4.83 Å². The number of thiophene rings is 1. The molecule has 4 rings (SSSR count). The fraction of sp³-hybridized carbons (Fsp3) is 0.381. The van der Waals surface area contributed by atoms with Gasteiger partial charge in [0.2, 0.25) is 0 Å². The Hall–Kier alpha value is -2.67. The highest BCUT2D eigenvalue weighted by atomic mass is 32.1. The molecule has 0 aliphatic carbocycles. The molecule has 0 atom stereocenters. The molecule has 3 aromatic rings. The maximum Gasteiger partial charge on any atom is 0.309 e. The topological polar surface area (TPSA) is 64.4 Å². The van der Waals surface area contributed by atoms with Gasteiger partial charge in [0.25, 0.3) is 5.91 Å². The van der Waals surface area contributed by atoms with Crippen LogP contribution in [0.4, 0.5) is 0 Å². The van der Waals surface area contributed by atoms with Gasteiger partial charge in [0.05, 0.1) is 28.8 Å². The molecule has 1 saturated heterocycles. The third-order valence-electron chi connectivity index (χ3n) is 5.16. The Labute approximate surface area is 167 Å². The van der Waals surface area contributed by atoms with E-state index in [4.69, 9.17) is 4.74 Å². The Kier molecular flexibility index (Phi) is 5.17. The lowest BCUT2D eigenvalue weighted by molar-refractivity contribution is -0.149. The Morgan fingerprint density at radius 3 is 2.61 bits per heavy atom. The van der Waals surface area contributed by atoms with Crippen LogP contribution in [0, 0.1) is 12.8 Å². The van der Waals surface area contributed by atoms with Crippen LogP contribution in [0.15, 0.2) is 36.4 Å². The predicted molar refractivity (Wildman–Crippen MR) is 109 cm³/mol. The fourth-order valence-corrected chi connectivity index (χ4v) is 4.78. The number of aryl methyl sites for hydroxylation is 1. The molecule has 0 bridgehead atoms. The third kappa shape index (κ3) is 3.42. The number of hydrogen-bond acceptors (Lipinski definition) is 5.